The second-order valence-corrected chi connectivity index (χ2v) is 20.9. The van der Waals surface area contributed by atoms with E-state index in [9.17, 15) is 34.8 Å². The van der Waals surface area contributed by atoms with Crippen LogP contribution in [-0.2, 0) is 19.9 Å². The molecule has 4 N–H and O–H groups in total. The number of carbonyl (C=O) groups is 1. The SMILES string of the molecule is C[C@@H]1CC[C@H](C)N1CC[C@@H](CSc1ccccc1)Nc1ccc(S(=O)(=O)NC(=O)c2ccc(NCCNCC3=C(c4ccc(Cl)cc4)CCCC3)cc2)cc1S(=O)(=O)C(F)(F)F. The fourth-order valence-corrected chi connectivity index (χ4v) is 11.1. The van der Waals surface area contributed by atoms with Crippen LogP contribution in [0.1, 0.15) is 74.7 Å². The van der Waals surface area contributed by atoms with Gasteiger partial charge in [-0.1, -0.05) is 47.5 Å². The third kappa shape index (κ3) is 12.3. The van der Waals surface area contributed by atoms with Crippen molar-refractivity contribution in [2.75, 3.05) is 42.6 Å². The van der Waals surface area contributed by atoms with E-state index in [2.05, 4.69) is 46.8 Å². The predicted octanol–water partition coefficient (Wildman–Crippen LogP) is 9.62. The van der Waals surface area contributed by atoms with Gasteiger partial charge in [0.15, 0.2) is 0 Å². The van der Waals surface area contributed by atoms with Crippen LogP contribution in [0.2, 0.25) is 5.02 Å². The molecule has 0 radical (unpaired) electrons. The highest BCUT2D eigenvalue weighted by Gasteiger charge is 2.48. The van der Waals surface area contributed by atoms with Crippen molar-refractivity contribution in [3.63, 3.8) is 0 Å². The third-order valence-corrected chi connectivity index (χ3v) is 15.7. The monoisotopic (exact) mass is 931 g/mol. The summed E-state index contributed by atoms with van der Waals surface area (Å²) < 4.78 is 97.4. The van der Waals surface area contributed by atoms with Crippen molar-refractivity contribution in [3.05, 3.63) is 119 Å². The van der Waals surface area contributed by atoms with E-state index in [4.69, 9.17) is 11.6 Å². The molecule has 62 heavy (non-hydrogen) atoms. The van der Waals surface area contributed by atoms with Crippen LogP contribution in [0.4, 0.5) is 24.5 Å². The van der Waals surface area contributed by atoms with Crippen molar-refractivity contribution in [2.24, 2.45) is 0 Å². The van der Waals surface area contributed by atoms with Crippen molar-refractivity contribution in [2.45, 2.75) is 97.1 Å². The van der Waals surface area contributed by atoms with Gasteiger partial charge in [0.25, 0.3) is 25.8 Å². The zero-order chi connectivity index (χ0) is 44.5. The molecule has 1 fully saturated rings. The highest BCUT2D eigenvalue weighted by Crippen LogP contribution is 2.37. The first-order chi connectivity index (χ1) is 29.5. The molecule has 1 aliphatic heterocycles. The van der Waals surface area contributed by atoms with Gasteiger partial charge in [0, 0.05) is 71.2 Å². The van der Waals surface area contributed by atoms with Crippen molar-refractivity contribution >= 4 is 66.1 Å². The number of allylic oxidation sites excluding steroid dienone is 1. The van der Waals surface area contributed by atoms with Crippen molar-refractivity contribution in [3.8, 4) is 0 Å². The first-order valence-electron chi connectivity index (χ1n) is 20.8. The zero-order valence-corrected chi connectivity index (χ0v) is 37.9. The topological polar surface area (TPSA) is 137 Å². The fourth-order valence-electron chi connectivity index (χ4n) is 7.94. The summed E-state index contributed by atoms with van der Waals surface area (Å²) in [5.74, 6) is -0.653. The number of thioether (sulfide) groups is 1. The molecule has 0 unspecified atom stereocenters. The molecule has 2 aliphatic rings. The van der Waals surface area contributed by atoms with E-state index in [0.29, 0.717) is 60.7 Å². The van der Waals surface area contributed by atoms with Gasteiger partial charge in [-0.05, 0) is 137 Å². The number of anilines is 2. The molecular weight excluding hydrogens is 879 g/mol. The van der Waals surface area contributed by atoms with Crippen LogP contribution >= 0.6 is 23.4 Å². The van der Waals surface area contributed by atoms with E-state index in [1.54, 1.807) is 12.1 Å². The molecule has 0 spiro atoms. The number of benzene rings is 4. The van der Waals surface area contributed by atoms with Gasteiger partial charge < -0.3 is 16.0 Å². The summed E-state index contributed by atoms with van der Waals surface area (Å²) in [4.78, 5) is 14.3. The number of hydrogen-bond donors (Lipinski definition) is 4. The average Bonchev–Trinajstić information content (AvgIpc) is 3.57. The maximum Gasteiger partial charge on any atom is 0.501 e. The number of amides is 1. The number of nitrogens with zero attached hydrogens (tertiary/aromatic N) is 1. The minimum atomic E-state index is -6.04. The number of likely N-dealkylation sites (tertiary alicyclic amines) is 1. The average molecular weight is 933 g/mol. The van der Waals surface area contributed by atoms with Gasteiger partial charge in [0.05, 0.1) is 10.6 Å². The van der Waals surface area contributed by atoms with Crippen LogP contribution in [0.25, 0.3) is 5.57 Å². The third-order valence-electron chi connectivity index (χ3n) is 11.4. The number of alkyl halides is 3. The van der Waals surface area contributed by atoms with Gasteiger partial charge in [0.2, 0.25) is 0 Å². The molecule has 1 saturated heterocycles. The quantitative estimate of drug-likeness (QED) is 0.0532. The summed E-state index contributed by atoms with van der Waals surface area (Å²) in [6, 6.07) is 26.0. The van der Waals surface area contributed by atoms with Crippen LogP contribution in [0.3, 0.4) is 0 Å². The van der Waals surface area contributed by atoms with Gasteiger partial charge in [-0.25, -0.2) is 21.6 Å². The maximum atomic E-state index is 14.2. The van der Waals surface area contributed by atoms with Crippen LogP contribution in [0.5, 0.6) is 0 Å². The second kappa shape index (κ2) is 21.1. The molecule has 1 heterocycles. The van der Waals surface area contributed by atoms with Gasteiger partial charge in [-0.3, -0.25) is 9.69 Å². The molecule has 3 atom stereocenters. The molecule has 0 bridgehead atoms. The Kier molecular flexibility index (Phi) is 16.1. The lowest BCUT2D eigenvalue weighted by atomic mass is 9.87. The molecular formula is C45H53ClF3N5O5S3. The van der Waals surface area contributed by atoms with E-state index in [0.717, 1.165) is 62.1 Å². The van der Waals surface area contributed by atoms with Crippen LogP contribution < -0.4 is 20.7 Å². The van der Waals surface area contributed by atoms with Crippen LogP contribution in [0.15, 0.2) is 117 Å². The van der Waals surface area contributed by atoms with Crippen molar-refractivity contribution < 1.29 is 34.8 Å². The van der Waals surface area contributed by atoms with Gasteiger partial charge in [-0.2, -0.15) is 13.2 Å². The van der Waals surface area contributed by atoms with E-state index in [1.165, 1.54) is 40.6 Å². The Hall–Kier alpha value is -4.06. The minimum absolute atomic E-state index is 0.0296. The minimum Gasteiger partial charge on any atom is -0.384 e. The molecule has 4 aromatic rings. The summed E-state index contributed by atoms with van der Waals surface area (Å²) >= 11 is 7.56. The molecule has 17 heteroatoms. The normalized spacial score (nSPS) is 18.1. The van der Waals surface area contributed by atoms with E-state index in [1.807, 2.05) is 47.2 Å². The van der Waals surface area contributed by atoms with Crippen molar-refractivity contribution in [1.82, 2.24) is 14.9 Å². The number of sulfonamides is 1. The van der Waals surface area contributed by atoms with Crippen LogP contribution in [0, 0.1) is 0 Å². The first-order valence-corrected chi connectivity index (χ1v) is 25.1. The molecule has 4 aromatic carbocycles. The smallest absolute Gasteiger partial charge is 0.384 e. The maximum absolute atomic E-state index is 14.2. The Morgan fingerprint density at radius 2 is 1.55 bits per heavy atom. The number of carbonyl (C=O) groups excluding carboxylic acids is 1. The fraction of sp³-hybridized carbons (Fsp3) is 0.400. The lowest BCUT2D eigenvalue weighted by Gasteiger charge is -2.29. The molecule has 1 amide bonds. The Balaban J connectivity index is 1.10. The number of hydrogen-bond acceptors (Lipinski definition) is 10. The number of rotatable bonds is 19. The number of sulfone groups is 1. The first kappa shape index (κ1) is 47.4. The molecule has 1 aliphatic carbocycles. The summed E-state index contributed by atoms with van der Waals surface area (Å²) in [5, 5.41) is 10.5. The molecule has 10 nitrogen and oxygen atoms in total. The highest BCUT2D eigenvalue weighted by atomic mass is 35.5. The highest BCUT2D eigenvalue weighted by molar-refractivity contribution is 7.99. The molecule has 6 rings (SSSR count). The summed E-state index contributed by atoms with van der Waals surface area (Å²) in [6.45, 7) is 6.85. The van der Waals surface area contributed by atoms with E-state index >= 15 is 0 Å². The van der Waals surface area contributed by atoms with E-state index in [-0.39, 0.29) is 11.3 Å². The number of nitrogens with one attached hydrogen (secondary N) is 4. The number of halogens is 4. The Morgan fingerprint density at radius 1 is 0.871 bits per heavy atom. The second-order valence-electron chi connectivity index (χ2n) is 15.8. The molecule has 0 saturated carbocycles. The molecule has 0 aromatic heterocycles. The molecule has 334 valence electrons. The van der Waals surface area contributed by atoms with Crippen molar-refractivity contribution in [1.29, 1.82) is 0 Å². The largest absolute Gasteiger partial charge is 0.501 e. The summed E-state index contributed by atoms with van der Waals surface area (Å²) in [6.07, 6.45) is 6.87. The van der Waals surface area contributed by atoms with Gasteiger partial charge >= 0.3 is 5.51 Å². The zero-order valence-electron chi connectivity index (χ0n) is 34.7. The Bertz CT molecular complexity index is 2390. The van der Waals surface area contributed by atoms with E-state index < -0.39 is 47.1 Å². The summed E-state index contributed by atoms with van der Waals surface area (Å²) in [5.41, 5.74) is -1.54. The Labute approximate surface area is 372 Å². The lowest BCUT2D eigenvalue weighted by molar-refractivity contribution is -0.0435. The van der Waals surface area contributed by atoms with Gasteiger partial charge in [-0.15, -0.1) is 11.8 Å². The lowest BCUT2D eigenvalue weighted by Crippen LogP contribution is -2.37. The predicted molar refractivity (Wildman–Crippen MR) is 243 cm³/mol. The summed E-state index contributed by atoms with van der Waals surface area (Å²) in [7, 11) is -10.9. The van der Waals surface area contributed by atoms with Crippen LogP contribution in [-0.4, -0.2) is 83.2 Å². The Morgan fingerprint density at radius 3 is 2.23 bits per heavy atom. The van der Waals surface area contributed by atoms with Gasteiger partial charge in [0.1, 0.15) is 4.90 Å². The standard InChI is InChI=1S/C45H53ClF3N5O5S3/c1-31-12-13-32(2)54(31)27-24-38(30-60-39-9-4-3-5-10-39)52-42-23-22-40(28-43(42)61(56,57)45(47,48)49)62(58,59)53-44(55)34-16-20-37(21-17-34)51-26-25-50-29-35-8-6-7-11-41(35)33-14-18-36(46)19-15-33/h3-5,9-10,14-23,28,31-32,38,50-52H,6-8,11-13,24-27,29-30H2,1-2H3,(H,53,55)/t31-,32+,38-/m0/s1.